The number of ketones is 1. The number of carbonyl (C=O) groups is 2. The van der Waals surface area contributed by atoms with Crippen molar-refractivity contribution in [2.75, 3.05) is 13.6 Å². The summed E-state index contributed by atoms with van der Waals surface area (Å²) in [6, 6.07) is 4.92. The molecule has 0 bridgehead atoms. The first-order valence-electron chi connectivity index (χ1n) is 6.96. The molecule has 0 radical (unpaired) electrons. The molecule has 1 fully saturated rings. The number of Topliss-reactive ketones (excluding diaryl/α,β-unsaturated/α-hetero) is 1. The van der Waals surface area contributed by atoms with Gasteiger partial charge in [-0.05, 0) is 29.5 Å². The number of hydrogen-bond acceptors (Lipinski definition) is 2. The highest BCUT2D eigenvalue weighted by molar-refractivity contribution is 6.03. The van der Waals surface area contributed by atoms with E-state index in [9.17, 15) is 14.0 Å². The summed E-state index contributed by atoms with van der Waals surface area (Å²) in [5.41, 5.74) is 1.29. The zero-order valence-corrected chi connectivity index (χ0v) is 12.1. The maximum absolute atomic E-state index is 13.9. The SMILES string of the molecule is CC(C)c1ccc(CC(=O)C2CCN(C)C2=O)cc1F. The third-order valence-electron chi connectivity index (χ3n) is 3.88. The van der Waals surface area contributed by atoms with E-state index in [1.54, 1.807) is 24.1 Å². The lowest BCUT2D eigenvalue weighted by Gasteiger charge is -2.11. The third kappa shape index (κ3) is 2.89. The fourth-order valence-electron chi connectivity index (χ4n) is 2.59. The summed E-state index contributed by atoms with van der Waals surface area (Å²) in [6.07, 6.45) is 0.695. The Hall–Kier alpha value is -1.71. The predicted molar refractivity (Wildman–Crippen MR) is 74.9 cm³/mol. The van der Waals surface area contributed by atoms with Gasteiger partial charge in [-0.3, -0.25) is 9.59 Å². The van der Waals surface area contributed by atoms with Crippen molar-refractivity contribution in [2.24, 2.45) is 5.92 Å². The Kier molecular flexibility index (Phi) is 4.21. The topological polar surface area (TPSA) is 37.4 Å². The largest absolute Gasteiger partial charge is 0.345 e. The van der Waals surface area contributed by atoms with E-state index in [-0.39, 0.29) is 29.8 Å². The number of halogens is 1. The molecule has 1 aromatic rings. The number of nitrogens with zero attached hydrogens (tertiary/aromatic N) is 1. The third-order valence-corrected chi connectivity index (χ3v) is 3.88. The second kappa shape index (κ2) is 5.73. The Bertz CT molecular complexity index is 539. The van der Waals surface area contributed by atoms with Gasteiger partial charge in [-0.1, -0.05) is 26.0 Å². The number of rotatable bonds is 4. The Morgan fingerprint density at radius 2 is 2.15 bits per heavy atom. The lowest BCUT2D eigenvalue weighted by atomic mass is 9.94. The highest BCUT2D eigenvalue weighted by Crippen LogP contribution is 2.22. The van der Waals surface area contributed by atoms with Crippen LogP contribution in [-0.2, 0) is 16.0 Å². The van der Waals surface area contributed by atoms with Crippen LogP contribution < -0.4 is 0 Å². The van der Waals surface area contributed by atoms with Gasteiger partial charge in [-0.15, -0.1) is 0 Å². The molecule has 0 spiro atoms. The van der Waals surface area contributed by atoms with E-state index in [2.05, 4.69) is 0 Å². The number of hydrogen-bond donors (Lipinski definition) is 0. The molecule has 1 unspecified atom stereocenters. The number of carbonyl (C=O) groups excluding carboxylic acids is 2. The molecule has 1 aliphatic rings. The number of benzene rings is 1. The Balaban J connectivity index is 2.09. The smallest absolute Gasteiger partial charge is 0.232 e. The summed E-state index contributed by atoms with van der Waals surface area (Å²) in [5.74, 6) is -0.942. The molecular weight excluding hydrogens is 257 g/mol. The summed E-state index contributed by atoms with van der Waals surface area (Å²) < 4.78 is 13.9. The standard InChI is InChI=1S/C16H20FNO2/c1-10(2)12-5-4-11(8-14(12)17)9-15(19)13-6-7-18(3)16(13)20/h4-5,8,10,13H,6-7,9H2,1-3H3. The molecule has 108 valence electrons. The van der Waals surface area contributed by atoms with Gasteiger partial charge in [0.15, 0.2) is 0 Å². The minimum absolute atomic E-state index is 0.115. The maximum Gasteiger partial charge on any atom is 0.232 e. The predicted octanol–water partition coefficient (Wildman–Crippen LogP) is 2.54. The molecule has 1 amide bonds. The van der Waals surface area contributed by atoms with Crippen LogP contribution in [0.2, 0.25) is 0 Å². The van der Waals surface area contributed by atoms with E-state index in [4.69, 9.17) is 0 Å². The Morgan fingerprint density at radius 1 is 1.45 bits per heavy atom. The molecule has 1 saturated heterocycles. The molecule has 1 aliphatic heterocycles. The van der Waals surface area contributed by atoms with Crippen molar-refractivity contribution in [3.05, 3.63) is 35.1 Å². The molecule has 0 aromatic heterocycles. The first-order valence-corrected chi connectivity index (χ1v) is 6.96. The lowest BCUT2D eigenvalue weighted by molar-refractivity contribution is -0.135. The zero-order valence-electron chi connectivity index (χ0n) is 12.1. The zero-order chi connectivity index (χ0) is 14.9. The fraction of sp³-hybridized carbons (Fsp3) is 0.500. The van der Waals surface area contributed by atoms with Crippen LogP contribution in [0.4, 0.5) is 4.39 Å². The molecule has 3 nitrogen and oxygen atoms in total. The summed E-state index contributed by atoms with van der Waals surface area (Å²) in [5, 5.41) is 0. The molecule has 0 aliphatic carbocycles. The molecule has 1 atom stereocenters. The normalized spacial score (nSPS) is 18.9. The summed E-state index contributed by atoms with van der Waals surface area (Å²) in [4.78, 5) is 25.5. The minimum atomic E-state index is -0.548. The molecular formula is C16H20FNO2. The fourth-order valence-corrected chi connectivity index (χ4v) is 2.59. The van der Waals surface area contributed by atoms with Crippen molar-refractivity contribution in [3.63, 3.8) is 0 Å². The van der Waals surface area contributed by atoms with Crippen LogP contribution in [0.25, 0.3) is 0 Å². The highest BCUT2D eigenvalue weighted by atomic mass is 19.1. The van der Waals surface area contributed by atoms with Gasteiger partial charge in [0.1, 0.15) is 11.6 Å². The van der Waals surface area contributed by atoms with Crippen LogP contribution in [0.1, 0.15) is 37.3 Å². The second-order valence-corrected chi connectivity index (χ2v) is 5.75. The van der Waals surface area contributed by atoms with Gasteiger partial charge in [0, 0.05) is 20.0 Å². The second-order valence-electron chi connectivity index (χ2n) is 5.75. The van der Waals surface area contributed by atoms with Crippen LogP contribution in [0.3, 0.4) is 0 Å². The van der Waals surface area contributed by atoms with Crippen molar-refractivity contribution in [1.82, 2.24) is 4.90 Å². The molecule has 1 heterocycles. The molecule has 0 N–H and O–H groups in total. The van der Waals surface area contributed by atoms with E-state index < -0.39 is 5.92 Å². The molecule has 1 aromatic carbocycles. The number of amides is 1. The average Bonchev–Trinajstić information content (AvgIpc) is 2.69. The molecule has 4 heteroatoms. The van der Waals surface area contributed by atoms with Gasteiger partial charge in [0.25, 0.3) is 0 Å². The monoisotopic (exact) mass is 277 g/mol. The van der Waals surface area contributed by atoms with Crippen LogP contribution >= 0.6 is 0 Å². The summed E-state index contributed by atoms with van der Waals surface area (Å²) in [6.45, 7) is 4.47. The van der Waals surface area contributed by atoms with Crippen molar-refractivity contribution >= 4 is 11.7 Å². The van der Waals surface area contributed by atoms with E-state index in [0.29, 0.717) is 24.1 Å². The van der Waals surface area contributed by atoms with E-state index in [0.717, 1.165) is 0 Å². The average molecular weight is 277 g/mol. The van der Waals surface area contributed by atoms with Crippen molar-refractivity contribution in [1.29, 1.82) is 0 Å². The van der Waals surface area contributed by atoms with Crippen LogP contribution in [0.5, 0.6) is 0 Å². The first-order chi connectivity index (χ1) is 9.40. The quantitative estimate of drug-likeness (QED) is 0.793. The highest BCUT2D eigenvalue weighted by Gasteiger charge is 2.34. The van der Waals surface area contributed by atoms with Gasteiger partial charge >= 0.3 is 0 Å². The first kappa shape index (κ1) is 14.7. The van der Waals surface area contributed by atoms with Gasteiger partial charge in [0.2, 0.25) is 5.91 Å². The molecule has 2 rings (SSSR count). The molecule has 0 saturated carbocycles. The minimum Gasteiger partial charge on any atom is -0.345 e. The van der Waals surface area contributed by atoms with E-state index >= 15 is 0 Å². The van der Waals surface area contributed by atoms with Crippen LogP contribution in [-0.4, -0.2) is 30.2 Å². The Morgan fingerprint density at radius 3 is 2.65 bits per heavy atom. The summed E-state index contributed by atoms with van der Waals surface area (Å²) >= 11 is 0. The van der Waals surface area contributed by atoms with Gasteiger partial charge in [-0.25, -0.2) is 4.39 Å². The van der Waals surface area contributed by atoms with Crippen LogP contribution in [0.15, 0.2) is 18.2 Å². The molecule has 20 heavy (non-hydrogen) atoms. The van der Waals surface area contributed by atoms with E-state index in [1.807, 2.05) is 13.8 Å². The van der Waals surface area contributed by atoms with Gasteiger partial charge in [0.05, 0.1) is 5.92 Å². The van der Waals surface area contributed by atoms with E-state index in [1.165, 1.54) is 6.07 Å². The van der Waals surface area contributed by atoms with Crippen molar-refractivity contribution < 1.29 is 14.0 Å². The number of likely N-dealkylation sites (tertiary alicyclic amines) is 1. The van der Waals surface area contributed by atoms with Crippen LogP contribution in [0, 0.1) is 11.7 Å². The van der Waals surface area contributed by atoms with Gasteiger partial charge in [-0.2, -0.15) is 0 Å². The van der Waals surface area contributed by atoms with Crippen molar-refractivity contribution in [3.8, 4) is 0 Å². The van der Waals surface area contributed by atoms with Gasteiger partial charge < -0.3 is 4.90 Å². The summed E-state index contributed by atoms with van der Waals surface area (Å²) in [7, 11) is 1.70. The Labute approximate surface area is 118 Å². The maximum atomic E-state index is 13.9. The van der Waals surface area contributed by atoms with Crippen molar-refractivity contribution in [2.45, 2.75) is 32.6 Å². The lowest BCUT2D eigenvalue weighted by Crippen LogP contribution is -2.28.